The zero-order chi connectivity index (χ0) is 21.4. The number of hydrogen-bond donors (Lipinski definition) is 1. The Morgan fingerprint density at radius 1 is 1.23 bits per heavy atom. The largest absolute Gasteiger partial charge is 0.339 e. The minimum atomic E-state index is -0.0495. The molecule has 0 saturated carbocycles. The Bertz CT molecular complexity index is 1170. The molecule has 154 valence electrons. The minimum absolute atomic E-state index is 0.00494. The molecule has 30 heavy (non-hydrogen) atoms. The number of nitrogens with zero attached hydrogens (tertiary/aromatic N) is 4. The quantitative estimate of drug-likeness (QED) is 0.561. The van der Waals surface area contributed by atoms with Crippen molar-refractivity contribution in [2.75, 3.05) is 13.1 Å². The number of halogens is 3. The number of fused-ring (bicyclic) bond motifs is 1. The van der Waals surface area contributed by atoms with Crippen LogP contribution in [-0.4, -0.2) is 44.9 Å². The standard InChI is InChI=1S/C21H18Cl3N5O/c1-2-29-14(7-12-3-4-13(22)8-17(12)24)10-28(21(29)30)11-19-26-18-6-5-16(23)15(9-25)20(18)27-19/h3-6,8,14H,2,7,10-11H2,1H3,(H,26,27). The summed E-state index contributed by atoms with van der Waals surface area (Å²) in [5.74, 6) is 0.610. The van der Waals surface area contributed by atoms with Crippen molar-refractivity contribution in [1.29, 1.82) is 5.26 Å². The van der Waals surface area contributed by atoms with Crippen molar-refractivity contribution < 1.29 is 4.79 Å². The Morgan fingerprint density at radius 3 is 2.73 bits per heavy atom. The number of nitrogens with one attached hydrogen (secondary N) is 1. The molecule has 3 aromatic rings. The first-order chi connectivity index (χ1) is 14.4. The molecule has 2 amide bonds. The number of rotatable bonds is 5. The van der Waals surface area contributed by atoms with Crippen molar-refractivity contribution in [3.63, 3.8) is 0 Å². The van der Waals surface area contributed by atoms with Gasteiger partial charge in [-0.15, -0.1) is 0 Å². The van der Waals surface area contributed by atoms with Crippen LogP contribution < -0.4 is 0 Å². The van der Waals surface area contributed by atoms with Crippen LogP contribution in [0.25, 0.3) is 11.0 Å². The van der Waals surface area contributed by atoms with Crippen molar-refractivity contribution >= 4 is 51.9 Å². The summed E-state index contributed by atoms with van der Waals surface area (Å²) in [6.45, 7) is 3.42. The Balaban J connectivity index is 1.56. The molecule has 2 aromatic carbocycles. The Labute approximate surface area is 188 Å². The highest BCUT2D eigenvalue weighted by Crippen LogP contribution is 2.28. The summed E-state index contributed by atoms with van der Waals surface area (Å²) >= 11 is 18.4. The highest BCUT2D eigenvalue weighted by atomic mass is 35.5. The van der Waals surface area contributed by atoms with E-state index in [1.54, 1.807) is 29.2 Å². The van der Waals surface area contributed by atoms with E-state index in [9.17, 15) is 10.1 Å². The molecule has 9 heteroatoms. The molecule has 1 saturated heterocycles. The first-order valence-corrected chi connectivity index (χ1v) is 10.6. The summed E-state index contributed by atoms with van der Waals surface area (Å²) in [6.07, 6.45) is 0.639. The third-order valence-electron chi connectivity index (χ3n) is 5.31. The number of hydrogen-bond acceptors (Lipinski definition) is 3. The molecule has 4 rings (SSSR count). The first kappa shape index (κ1) is 20.8. The van der Waals surface area contributed by atoms with Crippen molar-refractivity contribution in [2.45, 2.75) is 25.9 Å². The molecule has 0 bridgehead atoms. The Kier molecular flexibility index (Phi) is 5.79. The van der Waals surface area contributed by atoms with Gasteiger partial charge in [-0.05, 0) is 43.2 Å². The lowest BCUT2D eigenvalue weighted by molar-refractivity contribution is 0.186. The predicted octanol–water partition coefficient (Wildman–Crippen LogP) is 5.26. The van der Waals surface area contributed by atoms with E-state index < -0.39 is 0 Å². The second-order valence-corrected chi connectivity index (χ2v) is 8.41. The zero-order valence-corrected chi connectivity index (χ0v) is 18.4. The van der Waals surface area contributed by atoms with Crippen LogP contribution in [0.4, 0.5) is 4.79 Å². The number of likely N-dealkylation sites (N-methyl/N-ethyl adjacent to an activating group) is 1. The Morgan fingerprint density at radius 2 is 2.03 bits per heavy atom. The van der Waals surface area contributed by atoms with Gasteiger partial charge in [0.1, 0.15) is 11.9 Å². The normalized spacial score (nSPS) is 16.5. The van der Waals surface area contributed by atoms with Crippen molar-refractivity contribution in [1.82, 2.24) is 19.8 Å². The van der Waals surface area contributed by atoms with Gasteiger partial charge in [0.15, 0.2) is 0 Å². The van der Waals surface area contributed by atoms with E-state index in [2.05, 4.69) is 16.0 Å². The van der Waals surface area contributed by atoms with Gasteiger partial charge in [-0.2, -0.15) is 5.26 Å². The number of aromatic nitrogens is 2. The van der Waals surface area contributed by atoms with Crippen LogP contribution in [0, 0.1) is 11.3 Å². The minimum Gasteiger partial charge on any atom is -0.339 e. The maximum atomic E-state index is 13.0. The van der Waals surface area contributed by atoms with Gasteiger partial charge in [0, 0.05) is 23.1 Å². The maximum Gasteiger partial charge on any atom is 0.320 e. The number of benzene rings is 2. The number of H-pyrrole nitrogens is 1. The maximum absolute atomic E-state index is 13.0. The lowest BCUT2D eigenvalue weighted by Gasteiger charge is -2.21. The van der Waals surface area contributed by atoms with Gasteiger partial charge in [-0.3, -0.25) is 0 Å². The third kappa shape index (κ3) is 3.81. The van der Waals surface area contributed by atoms with Crippen LogP contribution in [0.1, 0.15) is 23.9 Å². The number of aromatic amines is 1. The summed E-state index contributed by atoms with van der Waals surface area (Å²) < 4.78 is 0. The number of carbonyl (C=O) groups excluding carboxylic acids is 1. The van der Waals surface area contributed by atoms with Crippen LogP contribution in [0.5, 0.6) is 0 Å². The predicted molar refractivity (Wildman–Crippen MR) is 118 cm³/mol. The fraction of sp³-hybridized carbons (Fsp3) is 0.286. The van der Waals surface area contributed by atoms with Gasteiger partial charge in [-0.25, -0.2) is 9.78 Å². The van der Waals surface area contributed by atoms with Gasteiger partial charge in [-0.1, -0.05) is 40.9 Å². The number of urea groups is 1. The van der Waals surface area contributed by atoms with E-state index in [1.807, 2.05) is 17.9 Å². The molecule has 2 heterocycles. The van der Waals surface area contributed by atoms with Gasteiger partial charge < -0.3 is 14.8 Å². The number of imidazole rings is 1. The van der Waals surface area contributed by atoms with Crippen molar-refractivity contribution in [3.8, 4) is 6.07 Å². The topological polar surface area (TPSA) is 76.0 Å². The second kappa shape index (κ2) is 8.35. The summed E-state index contributed by atoms with van der Waals surface area (Å²) in [4.78, 5) is 24.2. The SMILES string of the molecule is CCN1C(=O)N(Cc2nc3ccc(Cl)c(C#N)c3[nH]2)CC1Cc1ccc(Cl)cc1Cl. The molecule has 0 spiro atoms. The molecule has 1 aliphatic heterocycles. The number of nitriles is 1. The molecule has 1 fully saturated rings. The van der Waals surface area contributed by atoms with Crippen molar-refractivity contribution in [2.24, 2.45) is 0 Å². The number of carbonyl (C=O) groups is 1. The highest BCUT2D eigenvalue weighted by Gasteiger charge is 2.36. The van der Waals surface area contributed by atoms with E-state index in [1.165, 1.54) is 0 Å². The smallest absolute Gasteiger partial charge is 0.320 e. The number of amides is 2. The van der Waals surface area contributed by atoms with E-state index in [-0.39, 0.29) is 12.1 Å². The molecule has 1 N–H and O–H groups in total. The molecule has 0 aliphatic carbocycles. The third-order valence-corrected chi connectivity index (χ3v) is 6.21. The first-order valence-electron chi connectivity index (χ1n) is 9.48. The molecule has 0 radical (unpaired) electrons. The van der Waals surface area contributed by atoms with E-state index >= 15 is 0 Å². The van der Waals surface area contributed by atoms with Crippen LogP contribution in [0.3, 0.4) is 0 Å². The summed E-state index contributed by atoms with van der Waals surface area (Å²) in [5, 5.41) is 10.9. The molecular formula is C21H18Cl3N5O. The summed E-state index contributed by atoms with van der Waals surface area (Å²) in [7, 11) is 0. The average molecular weight is 463 g/mol. The fourth-order valence-corrected chi connectivity index (χ4v) is 4.56. The van der Waals surface area contributed by atoms with Crippen LogP contribution in [-0.2, 0) is 13.0 Å². The van der Waals surface area contributed by atoms with Gasteiger partial charge in [0.2, 0.25) is 0 Å². The zero-order valence-electron chi connectivity index (χ0n) is 16.1. The summed E-state index contributed by atoms with van der Waals surface area (Å²) in [5.41, 5.74) is 2.54. The van der Waals surface area contributed by atoms with Crippen LogP contribution >= 0.6 is 34.8 Å². The molecule has 6 nitrogen and oxygen atoms in total. The van der Waals surface area contributed by atoms with Crippen molar-refractivity contribution in [3.05, 3.63) is 62.4 Å². The molecular weight excluding hydrogens is 445 g/mol. The van der Waals surface area contributed by atoms with E-state index in [0.29, 0.717) is 63.5 Å². The monoisotopic (exact) mass is 461 g/mol. The fourth-order valence-electron chi connectivity index (χ4n) is 3.88. The average Bonchev–Trinajstić information content (AvgIpc) is 3.24. The lowest BCUT2D eigenvalue weighted by atomic mass is 10.1. The van der Waals surface area contributed by atoms with Gasteiger partial charge >= 0.3 is 6.03 Å². The van der Waals surface area contributed by atoms with Crippen LogP contribution in [0.2, 0.25) is 15.1 Å². The lowest BCUT2D eigenvalue weighted by Crippen LogP contribution is -2.35. The Hall–Kier alpha value is -2.46. The molecule has 1 unspecified atom stereocenters. The second-order valence-electron chi connectivity index (χ2n) is 7.15. The van der Waals surface area contributed by atoms with Gasteiger partial charge in [0.25, 0.3) is 0 Å². The van der Waals surface area contributed by atoms with E-state index in [4.69, 9.17) is 34.8 Å². The molecule has 1 atom stereocenters. The van der Waals surface area contributed by atoms with Gasteiger partial charge in [0.05, 0.1) is 34.2 Å². The highest BCUT2D eigenvalue weighted by molar-refractivity contribution is 6.35. The van der Waals surface area contributed by atoms with Crippen LogP contribution in [0.15, 0.2) is 30.3 Å². The molecule has 1 aromatic heterocycles. The van der Waals surface area contributed by atoms with E-state index in [0.717, 1.165) is 5.56 Å². The molecule has 1 aliphatic rings. The summed E-state index contributed by atoms with van der Waals surface area (Å²) in [6, 6.07) is 10.9.